The van der Waals surface area contributed by atoms with Gasteiger partial charge >= 0.3 is 6.18 Å². The molecule has 1 aromatic heterocycles. The first-order valence-electron chi connectivity index (χ1n) is 13.4. The molecule has 3 atom stereocenters. The smallest absolute Gasteiger partial charge is 0.435 e. The van der Waals surface area contributed by atoms with Crippen LogP contribution in [0, 0.1) is 5.92 Å². The van der Waals surface area contributed by atoms with Gasteiger partial charge in [-0.25, -0.2) is 4.68 Å². The fourth-order valence-electron chi connectivity index (χ4n) is 6.50. The number of anilines is 1. The Morgan fingerprint density at radius 1 is 0.902 bits per heavy atom. The summed E-state index contributed by atoms with van der Waals surface area (Å²) in [6.07, 6.45) is -5.24. The van der Waals surface area contributed by atoms with Gasteiger partial charge in [-0.15, -0.1) is 0 Å². The fourth-order valence-corrected chi connectivity index (χ4v) is 6.50. The van der Waals surface area contributed by atoms with Crippen LogP contribution >= 0.6 is 0 Å². The molecule has 3 aromatic carbocycles. The minimum atomic E-state index is -4.91. The Balaban J connectivity index is 1.39. The van der Waals surface area contributed by atoms with Gasteiger partial charge in [-0.1, -0.05) is 72.8 Å². The topological polar surface area (TPSA) is 81.8 Å². The standard InChI is InChI=1S/C32H30F3N3O3/c1-31(18-19-11-5-3-6-12-19)22-15-9-10-16-23(22)37(2)24(31)17-21-27(39)25(28(21)40)26-29(32(33,34)35)36-38(30(26)41)20-13-7-4-8-14-20/h3-17,21,25,27-28,39-41H,18H2,1-2H3. The van der Waals surface area contributed by atoms with E-state index in [9.17, 15) is 28.5 Å². The lowest BCUT2D eigenvalue weighted by atomic mass is 9.64. The molecule has 0 amide bonds. The molecule has 41 heavy (non-hydrogen) atoms. The van der Waals surface area contributed by atoms with Crippen LogP contribution < -0.4 is 4.90 Å². The average Bonchev–Trinajstić information content (AvgIpc) is 3.40. The van der Waals surface area contributed by atoms with E-state index in [2.05, 4.69) is 18.1 Å². The van der Waals surface area contributed by atoms with E-state index < -0.39 is 52.8 Å². The van der Waals surface area contributed by atoms with E-state index >= 15 is 0 Å². The molecule has 0 saturated heterocycles. The van der Waals surface area contributed by atoms with Crippen LogP contribution in [0.4, 0.5) is 18.9 Å². The predicted octanol–water partition coefficient (Wildman–Crippen LogP) is 5.57. The maximum atomic E-state index is 14.1. The van der Waals surface area contributed by atoms with Crippen LogP contribution in [0.25, 0.3) is 5.69 Å². The van der Waals surface area contributed by atoms with Gasteiger partial charge in [0.2, 0.25) is 5.88 Å². The van der Waals surface area contributed by atoms with Crippen LogP contribution in [0.2, 0.25) is 0 Å². The summed E-state index contributed by atoms with van der Waals surface area (Å²) in [5, 5.41) is 37.1. The number of aromatic nitrogens is 2. The number of aliphatic hydroxyl groups is 2. The summed E-state index contributed by atoms with van der Waals surface area (Å²) in [5.41, 5.74) is 1.78. The van der Waals surface area contributed by atoms with E-state index in [1.807, 2.05) is 60.5 Å². The summed E-state index contributed by atoms with van der Waals surface area (Å²) in [7, 11) is 1.91. The Labute approximate surface area is 235 Å². The van der Waals surface area contributed by atoms with E-state index in [-0.39, 0.29) is 5.69 Å². The maximum Gasteiger partial charge on any atom is 0.435 e. The molecule has 1 fully saturated rings. The van der Waals surface area contributed by atoms with Crippen molar-refractivity contribution in [2.24, 2.45) is 5.92 Å². The zero-order valence-electron chi connectivity index (χ0n) is 22.5. The number of fused-ring (bicyclic) bond motifs is 1. The molecule has 4 aromatic rings. The van der Waals surface area contributed by atoms with Crippen molar-refractivity contribution in [3.8, 4) is 11.6 Å². The highest BCUT2D eigenvalue weighted by atomic mass is 19.4. The van der Waals surface area contributed by atoms with Crippen molar-refractivity contribution in [1.29, 1.82) is 0 Å². The summed E-state index contributed by atoms with van der Waals surface area (Å²) in [6.45, 7) is 2.10. The molecule has 9 heteroatoms. The minimum Gasteiger partial charge on any atom is -0.493 e. The molecule has 6 rings (SSSR count). The highest BCUT2D eigenvalue weighted by molar-refractivity contribution is 5.70. The number of hydrogen-bond donors (Lipinski definition) is 3. The second kappa shape index (κ2) is 9.78. The normalized spacial score (nSPS) is 26.7. The van der Waals surface area contributed by atoms with E-state index in [1.165, 1.54) is 12.1 Å². The summed E-state index contributed by atoms with van der Waals surface area (Å²) in [5.74, 6) is -2.99. The van der Waals surface area contributed by atoms with E-state index in [4.69, 9.17) is 0 Å². The zero-order chi connectivity index (χ0) is 29.1. The third-order valence-electron chi connectivity index (χ3n) is 8.56. The van der Waals surface area contributed by atoms with Gasteiger partial charge in [-0.2, -0.15) is 18.3 Å². The molecule has 2 heterocycles. The van der Waals surface area contributed by atoms with Crippen molar-refractivity contribution >= 4 is 5.69 Å². The molecule has 0 spiro atoms. The van der Waals surface area contributed by atoms with Crippen molar-refractivity contribution in [2.75, 3.05) is 11.9 Å². The highest BCUT2D eigenvalue weighted by Crippen LogP contribution is 2.54. The van der Waals surface area contributed by atoms with Gasteiger partial charge in [0.15, 0.2) is 5.69 Å². The number of allylic oxidation sites excluding steroid dienone is 1. The lowest BCUT2D eigenvalue weighted by Gasteiger charge is -2.46. The number of para-hydroxylation sites is 2. The molecule has 1 aliphatic carbocycles. The molecular formula is C32H30F3N3O3. The number of halogens is 3. The Bertz CT molecular complexity index is 1590. The monoisotopic (exact) mass is 561 g/mol. The van der Waals surface area contributed by atoms with E-state index in [1.54, 1.807) is 24.3 Å². The second-order valence-corrected chi connectivity index (χ2v) is 11.0. The van der Waals surface area contributed by atoms with Crippen LogP contribution in [-0.4, -0.2) is 44.4 Å². The average molecular weight is 562 g/mol. The number of likely N-dealkylation sites (N-methyl/N-ethyl adjacent to an activating group) is 1. The summed E-state index contributed by atoms with van der Waals surface area (Å²) in [6, 6.07) is 25.9. The molecule has 3 N–H and O–H groups in total. The summed E-state index contributed by atoms with van der Waals surface area (Å²) < 4.78 is 43.1. The Morgan fingerprint density at radius 2 is 1.49 bits per heavy atom. The van der Waals surface area contributed by atoms with Gasteiger partial charge < -0.3 is 20.2 Å². The number of rotatable bonds is 5. The lowest BCUT2D eigenvalue weighted by molar-refractivity contribution is -0.145. The molecule has 1 aliphatic heterocycles. The highest BCUT2D eigenvalue weighted by Gasteiger charge is 2.55. The van der Waals surface area contributed by atoms with Gasteiger partial charge in [-0.05, 0) is 42.7 Å². The number of nitrogens with zero attached hydrogens (tertiary/aromatic N) is 3. The number of alkyl halides is 3. The molecule has 212 valence electrons. The van der Waals surface area contributed by atoms with Crippen molar-refractivity contribution in [3.05, 3.63) is 119 Å². The number of aromatic hydroxyl groups is 1. The molecule has 0 radical (unpaired) electrons. The van der Waals surface area contributed by atoms with Crippen molar-refractivity contribution < 1.29 is 28.5 Å². The Hall–Kier alpha value is -4.08. The zero-order valence-corrected chi connectivity index (χ0v) is 22.5. The third-order valence-corrected chi connectivity index (χ3v) is 8.56. The van der Waals surface area contributed by atoms with Gasteiger partial charge in [-0.3, -0.25) is 0 Å². The van der Waals surface area contributed by atoms with Crippen molar-refractivity contribution in [3.63, 3.8) is 0 Å². The lowest BCUT2D eigenvalue weighted by Crippen LogP contribution is -2.53. The summed E-state index contributed by atoms with van der Waals surface area (Å²) in [4.78, 5) is 2.01. The minimum absolute atomic E-state index is 0.228. The van der Waals surface area contributed by atoms with Gasteiger partial charge in [0.1, 0.15) is 0 Å². The number of hydrogen-bond acceptors (Lipinski definition) is 5. The van der Waals surface area contributed by atoms with Crippen molar-refractivity contribution in [2.45, 2.75) is 43.1 Å². The van der Waals surface area contributed by atoms with Crippen molar-refractivity contribution in [1.82, 2.24) is 9.78 Å². The largest absolute Gasteiger partial charge is 0.493 e. The fraction of sp³-hybridized carbons (Fsp3) is 0.281. The van der Waals surface area contributed by atoms with E-state index in [0.29, 0.717) is 6.42 Å². The maximum absolute atomic E-state index is 14.1. The first-order valence-corrected chi connectivity index (χ1v) is 13.4. The number of benzene rings is 3. The molecule has 0 bridgehead atoms. The first-order chi connectivity index (χ1) is 19.5. The van der Waals surface area contributed by atoms with Crippen LogP contribution in [-0.2, 0) is 18.0 Å². The second-order valence-electron chi connectivity index (χ2n) is 11.0. The van der Waals surface area contributed by atoms with Crippen LogP contribution in [0.5, 0.6) is 5.88 Å². The van der Waals surface area contributed by atoms with Crippen LogP contribution in [0.15, 0.2) is 96.7 Å². The molecule has 3 unspecified atom stereocenters. The first kappa shape index (κ1) is 27.1. The predicted molar refractivity (Wildman–Crippen MR) is 149 cm³/mol. The third kappa shape index (κ3) is 4.31. The molecule has 6 nitrogen and oxygen atoms in total. The van der Waals surface area contributed by atoms with E-state index in [0.717, 1.165) is 27.2 Å². The molecular weight excluding hydrogens is 531 g/mol. The summed E-state index contributed by atoms with van der Waals surface area (Å²) >= 11 is 0. The Kier molecular flexibility index (Phi) is 6.47. The quantitative estimate of drug-likeness (QED) is 0.297. The number of aliphatic hydroxyl groups excluding tert-OH is 2. The SMILES string of the molecule is CN1C(=CC2C(O)C(c3c(C(F)(F)F)nn(-c4ccccc4)c3O)C2O)C(C)(Cc2ccccc2)c2ccccc21. The molecule has 2 aliphatic rings. The van der Waals surface area contributed by atoms with Crippen LogP contribution in [0.3, 0.4) is 0 Å². The van der Waals surface area contributed by atoms with Gasteiger partial charge in [0, 0.05) is 35.7 Å². The van der Waals surface area contributed by atoms with Gasteiger partial charge in [0.05, 0.1) is 23.5 Å². The Morgan fingerprint density at radius 3 is 2.12 bits per heavy atom. The molecule has 1 saturated carbocycles. The van der Waals surface area contributed by atoms with Gasteiger partial charge in [0.25, 0.3) is 0 Å². The van der Waals surface area contributed by atoms with Crippen LogP contribution in [0.1, 0.15) is 35.2 Å².